The number of hydrogen-bond donors (Lipinski definition) is 0. The van der Waals surface area contributed by atoms with Crippen molar-refractivity contribution in [1.82, 2.24) is 24.6 Å². The van der Waals surface area contributed by atoms with Crippen molar-refractivity contribution in [2.45, 2.75) is 39.2 Å². The minimum Gasteiger partial charge on any atom is -0.342 e. The zero-order valence-corrected chi connectivity index (χ0v) is 12.4. The fourth-order valence-electron chi connectivity index (χ4n) is 3.26. The molecule has 6 heteroatoms. The molecule has 1 fully saturated rings. The largest absolute Gasteiger partial charge is 0.342 e. The second-order valence-electron chi connectivity index (χ2n) is 5.76. The van der Waals surface area contributed by atoms with Gasteiger partial charge in [-0.15, -0.1) is 10.2 Å². The van der Waals surface area contributed by atoms with E-state index in [1.165, 1.54) is 0 Å². The highest BCUT2D eigenvalue weighted by molar-refractivity contribution is 5.73. The van der Waals surface area contributed by atoms with Crippen molar-refractivity contribution in [3.63, 3.8) is 0 Å². The van der Waals surface area contributed by atoms with Crippen molar-refractivity contribution in [3.05, 3.63) is 11.6 Å². The van der Waals surface area contributed by atoms with E-state index in [9.17, 15) is 4.79 Å². The Balaban J connectivity index is 1.77. The van der Waals surface area contributed by atoms with Gasteiger partial charge in [-0.1, -0.05) is 6.92 Å². The highest BCUT2D eigenvalue weighted by atomic mass is 16.2. The van der Waals surface area contributed by atoms with Gasteiger partial charge in [0.15, 0.2) is 0 Å². The Morgan fingerprint density at radius 1 is 1.25 bits per heavy atom. The summed E-state index contributed by atoms with van der Waals surface area (Å²) in [4.78, 5) is 15.8. The predicted molar refractivity (Wildman–Crippen MR) is 75.5 cm³/mol. The van der Waals surface area contributed by atoms with Gasteiger partial charge >= 0.3 is 0 Å². The summed E-state index contributed by atoms with van der Waals surface area (Å²) in [6, 6.07) is 0. The number of carbonyl (C=O) groups is 1. The van der Waals surface area contributed by atoms with Gasteiger partial charge in [0, 0.05) is 52.0 Å². The zero-order valence-electron chi connectivity index (χ0n) is 12.4. The van der Waals surface area contributed by atoms with Crippen LogP contribution in [0.2, 0.25) is 0 Å². The van der Waals surface area contributed by atoms with Gasteiger partial charge in [-0.25, -0.2) is 0 Å². The summed E-state index contributed by atoms with van der Waals surface area (Å²) in [5, 5.41) is 8.81. The van der Waals surface area contributed by atoms with Gasteiger partial charge in [0.05, 0.1) is 0 Å². The molecule has 0 aliphatic carbocycles. The Bertz CT molecular complexity index is 498. The van der Waals surface area contributed by atoms with E-state index in [1.54, 1.807) is 6.92 Å². The molecule has 2 aliphatic heterocycles. The van der Waals surface area contributed by atoms with Gasteiger partial charge in [-0.2, -0.15) is 0 Å². The SMILES string of the molecule is CCN1CCc2nnc(C3CCN(C(C)=O)C3)n2CC1. The van der Waals surface area contributed by atoms with Crippen LogP contribution in [0.1, 0.15) is 37.8 Å². The first-order valence-corrected chi connectivity index (χ1v) is 7.59. The lowest BCUT2D eigenvalue weighted by Crippen LogP contribution is -2.27. The van der Waals surface area contributed by atoms with Crippen molar-refractivity contribution in [2.75, 3.05) is 32.7 Å². The third-order valence-electron chi connectivity index (χ3n) is 4.59. The predicted octanol–water partition coefficient (Wildman–Crippen LogP) is 0.492. The topological polar surface area (TPSA) is 54.3 Å². The Morgan fingerprint density at radius 2 is 2.10 bits per heavy atom. The van der Waals surface area contributed by atoms with E-state index >= 15 is 0 Å². The van der Waals surface area contributed by atoms with Gasteiger partial charge in [-0.05, 0) is 13.0 Å². The van der Waals surface area contributed by atoms with Crippen molar-refractivity contribution >= 4 is 5.91 Å². The molecule has 1 unspecified atom stereocenters. The molecule has 0 aromatic carbocycles. The maximum atomic E-state index is 11.5. The van der Waals surface area contributed by atoms with Crippen LogP contribution in [-0.4, -0.2) is 63.2 Å². The quantitative estimate of drug-likeness (QED) is 0.789. The molecule has 1 saturated heterocycles. The first-order chi connectivity index (χ1) is 9.69. The average molecular weight is 277 g/mol. The third-order valence-corrected chi connectivity index (χ3v) is 4.59. The molecule has 0 radical (unpaired) electrons. The number of rotatable bonds is 2. The number of carbonyl (C=O) groups excluding carboxylic acids is 1. The summed E-state index contributed by atoms with van der Waals surface area (Å²) in [5.74, 6) is 2.72. The molecular formula is C14H23N5O. The van der Waals surface area contributed by atoms with Gasteiger partial charge < -0.3 is 14.4 Å². The molecule has 1 aromatic heterocycles. The number of hydrogen-bond acceptors (Lipinski definition) is 4. The summed E-state index contributed by atoms with van der Waals surface area (Å²) in [6.07, 6.45) is 1.99. The molecule has 0 spiro atoms. The molecule has 3 rings (SSSR count). The van der Waals surface area contributed by atoms with E-state index in [0.29, 0.717) is 5.92 Å². The summed E-state index contributed by atoms with van der Waals surface area (Å²) in [7, 11) is 0. The fourth-order valence-corrected chi connectivity index (χ4v) is 3.26. The standard InChI is InChI=1S/C14H23N5O/c1-3-17-6-5-13-15-16-14(19(13)9-8-17)12-4-7-18(10-12)11(2)20/h12H,3-10H2,1-2H3. The van der Waals surface area contributed by atoms with Crippen LogP contribution in [0.4, 0.5) is 0 Å². The van der Waals surface area contributed by atoms with Gasteiger partial charge in [0.25, 0.3) is 0 Å². The van der Waals surface area contributed by atoms with E-state index in [1.807, 2.05) is 4.90 Å². The summed E-state index contributed by atoms with van der Waals surface area (Å²) < 4.78 is 2.30. The Hall–Kier alpha value is -1.43. The zero-order chi connectivity index (χ0) is 14.1. The lowest BCUT2D eigenvalue weighted by Gasteiger charge is -2.17. The minimum atomic E-state index is 0.167. The lowest BCUT2D eigenvalue weighted by molar-refractivity contribution is -0.127. The second-order valence-corrected chi connectivity index (χ2v) is 5.76. The van der Waals surface area contributed by atoms with Crippen LogP contribution in [-0.2, 0) is 17.8 Å². The Labute approximate surface area is 119 Å². The molecule has 0 saturated carbocycles. The molecule has 110 valence electrons. The molecule has 0 N–H and O–H groups in total. The molecule has 20 heavy (non-hydrogen) atoms. The summed E-state index contributed by atoms with van der Waals surface area (Å²) >= 11 is 0. The first kappa shape index (κ1) is 13.5. The molecule has 1 atom stereocenters. The maximum absolute atomic E-state index is 11.5. The van der Waals surface area contributed by atoms with Crippen molar-refractivity contribution in [3.8, 4) is 0 Å². The van der Waals surface area contributed by atoms with Crippen molar-refractivity contribution < 1.29 is 4.79 Å². The lowest BCUT2D eigenvalue weighted by atomic mass is 10.1. The molecule has 2 aliphatic rings. The number of amides is 1. The minimum absolute atomic E-state index is 0.167. The van der Waals surface area contributed by atoms with E-state index in [2.05, 4.69) is 26.6 Å². The molecule has 0 bridgehead atoms. The van der Waals surface area contributed by atoms with E-state index < -0.39 is 0 Å². The summed E-state index contributed by atoms with van der Waals surface area (Å²) in [5.41, 5.74) is 0. The molecule has 3 heterocycles. The van der Waals surface area contributed by atoms with Crippen LogP contribution >= 0.6 is 0 Å². The summed E-state index contributed by atoms with van der Waals surface area (Å²) in [6.45, 7) is 9.70. The van der Waals surface area contributed by atoms with Crippen LogP contribution in [0.25, 0.3) is 0 Å². The van der Waals surface area contributed by atoms with Crippen LogP contribution in [0.15, 0.2) is 0 Å². The Morgan fingerprint density at radius 3 is 2.80 bits per heavy atom. The smallest absolute Gasteiger partial charge is 0.219 e. The van der Waals surface area contributed by atoms with E-state index in [-0.39, 0.29) is 5.91 Å². The van der Waals surface area contributed by atoms with Gasteiger partial charge in [0.1, 0.15) is 11.6 Å². The van der Waals surface area contributed by atoms with Crippen LogP contribution in [0, 0.1) is 0 Å². The van der Waals surface area contributed by atoms with Crippen LogP contribution < -0.4 is 0 Å². The van der Waals surface area contributed by atoms with E-state index in [0.717, 1.165) is 63.8 Å². The number of likely N-dealkylation sites (N-methyl/N-ethyl adjacent to an activating group) is 1. The Kier molecular flexibility index (Phi) is 3.74. The second kappa shape index (κ2) is 5.52. The maximum Gasteiger partial charge on any atom is 0.219 e. The highest BCUT2D eigenvalue weighted by Crippen LogP contribution is 2.27. The number of aromatic nitrogens is 3. The van der Waals surface area contributed by atoms with Crippen molar-refractivity contribution in [2.24, 2.45) is 0 Å². The first-order valence-electron chi connectivity index (χ1n) is 7.59. The van der Waals surface area contributed by atoms with E-state index in [4.69, 9.17) is 0 Å². The number of likely N-dealkylation sites (tertiary alicyclic amines) is 1. The molecule has 6 nitrogen and oxygen atoms in total. The van der Waals surface area contributed by atoms with Gasteiger partial charge in [-0.3, -0.25) is 4.79 Å². The van der Waals surface area contributed by atoms with Gasteiger partial charge in [0.2, 0.25) is 5.91 Å². The van der Waals surface area contributed by atoms with Crippen LogP contribution in [0.5, 0.6) is 0 Å². The fraction of sp³-hybridized carbons (Fsp3) is 0.786. The molecular weight excluding hydrogens is 254 g/mol. The monoisotopic (exact) mass is 277 g/mol. The van der Waals surface area contributed by atoms with Crippen LogP contribution in [0.3, 0.4) is 0 Å². The van der Waals surface area contributed by atoms with Crippen molar-refractivity contribution in [1.29, 1.82) is 0 Å². The third kappa shape index (κ3) is 2.44. The number of nitrogens with zero attached hydrogens (tertiary/aromatic N) is 5. The number of fused-ring (bicyclic) bond motifs is 1. The highest BCUT2D eigenvalue weighted by Gasteiger charge is 2.30. The molecule has 1 amide bonds. The average Bonchev–Trinajstić information content (AvgIpc) is 3.01. The normalized spacial score (nSPS) is 23.7. The molecule has 1 aromatic rings.